The van der Waals surface area contributed by atoms with E-state index in [2.05, 4.69) is 32.2 Å². The first kappa shape index (κ1) is 20.9. The molecule has 5 aromatic rings. The number of aromatic nitrogens is 6. The molecular formula is C26H21ClN6O. The molecule has 2 atom stereocenters. The van der Waals surface area contributed by atoms with Crippen LogP contribution in [0, 0.1) is 0 Å². The topological polar surface area (TPSA) is 89.6 Å². The van der Waals surface area contributed by atoms with E-state index in [1.165, 1.54) is 6.33 Å². The van der Waals surface area contributed by atoms with Crippen LogP contribution in [0.4, 0.5) is 0 Å². The Hall–Kier alpha value is -3.68. The van der Waals surface area contributed by atoms with E-state index in [9.17, 15) is 5.11 Å². The minimum Gasteiger partial charge on any atom is -0.396 e. The number of rotatable bonds is 5. The minimum absolute atomic E-state index is 0.0406. The fraction of sp³-hybridized carbons (Fsp3) is 0.192. The van der Waals surface area contributed by atoms with Gasteiger partial charge in [-0.25, -0.2) is 15.0 Å². The van der Waals surface area contributed by atoms with Crippen molar-refractivity contribution in [1.29, 1.82) is 0 Å². The highest BCUT2D eigenvalue weighted by molar-refractivity contribution is 6.33. The number of aliphatic hydroxyl groups is 1. The van der Waals surface area contributed by atoms with Crippen molar-refractivity contribution < 1.29 is 5.11 Å². The van der Waals surface area contributed by atoms with E-state index < -0.39 is 0 Å². The lowest BCUT2D eigenvalue weighted by Gasteiger charge is -2.17. The van der Waals surface area contributed by atoms with Gasteiger partial charge in [-0.15, -0.1) is 10.2 Å². The molecule has 0 unspecified atom stereocenters. The molecular weight excluding hydrogens is 448 g/mol. The van der Waals surface area contributed by atoms with Gasteiger partial charge < -0.3 is 9.67 Å². The van der Waals surface area contributed by atoms with Crippen molar-refractivity contribution in [3.05, 3.63) is 89.6 Å². The number of aliphatic hydroxyl groups excluding tert-OH is 1. The smallest absolute Gasteiger partial charge is 0.164 e. The fourth-order valence-electron chi connectivity index (χ4n) is 5.04. The molecule has 3 aromatic heterocycles. The Morgan fingerprint density at radius 1 is 0.824 bits per heavy atom. The summed E-state index contributed by atoms with van der Waals surface area (Å²) in [6.07, 6.45) is 3.99. The van der Waals surface area contributed by atoms with E-state index in [0.717, 1.165) is 40.1 Å². The summed E-state index contributed by atoms with van der Waals surface area (Å²) in [6.45, 7) is 0.676. The molecule has 0 radical (unpaired) electrons. The number of fused-ring (bicyclic) bond motifs is 2. The number of hydrogen-bond acceptors (Lipinski definition) is 6. The van der Waals surface area contributed by atoms with Crippen molar-refractivity contribution in [2.24, 2.45) is 0 Å². The van der Waals surface area contributed by atoms with Crippen LogP contribution in [0.2, 0.25) is 5.15 Å². The Balaban J connectivity index is 1.54. The van der Waals surface area contributed by atoms with Gasteiger partial charge in [0.2, 0.25) is 0 Å². The second kappa shape index (κ2) is 8.59. The summed E-state index contributed by atoms with van der Waals surface area (Å²) in [5.74, 6) is 0.0487. The highest BCUT2D eigenvalue weighted by Crippen LogP contribution is 2.49. The summed E-state index contributed by atoms with van der Waals surface area (Å²) in [7, 11) is 0. The highest BCUT2D eigenvalue weighted by atomic mass is 35.5. The molecule has 1 N–H and O–H groups in total. The molecule has 0 saturated heterocycles. The molecule has 0 bridgehead atoms. The number of nitrogens with zero attached hydrogens (tertiary/aromatic N) is 6. The molecule has 0 saturated carbocycles. The summed E-state index contributed by atoms with van der Waals surface area (Å²) in [5, 5.41) is 20.1. The maximum atomic E-state index is 10.4. The summed E-state index contributed by atoms with van der Waals surface area (Å²) in [6, 6.07) is 20.2. The third-order valence-electron chi connectivity index (χ3n) is 6.52. The molecule has 34 heavy (non-hydrogen) atoms. The van der Waals surface area contributed by atoms with Crippen molar-refractivity contribution in [2.45, 2.75) is 24.8 Å². The van der Waals surface area contributed by atoms with Crippen LogP contribution in [-0.2, 0) is 6.54 Å². The lowest BCUT2D eigenvalue weighted by Crippen LogP contribution is -2.09. The van der Waals surface area contributed by atoms with Gasteiger partial charge in [-0.1, -0.05) is 72.3 Å². The van der Waals surface area contributed by atoms with Gasteiger partial charge in [0.25, 0.3) is 0 Å². The lowest BCUT2D eigenvalue weighted by molar-refractivity contribution is 0.260. The van der Waals surface area contributed by atoms with Gasteiger partial charge >= 0.3 is 0 Å². The Morgan fingerprint density at radius 3 is 2.06 bits per heavy atom. The Bertz CT molecular complexity index is 1470. The summed E-state index contributed by atoms with van der Waals surface area (Å²) < 4.78 is 2.01. The molecule has 8 heteroatoms. The molecule has 1 aliphatic rings. The molecule has 7 nitrogen and oxygen atoms in total. The van der Waals surface area contributed by atoms with Crippen molar-refractivity contribution in [3.8, 4) is 22.5 Å². The Labute approximate surface area is 201 Å². The van der Waals surface area contributed by atoms with Crippen LogP contribution in [0.3, 0.4) is 0 Å². The number of halogens is 1. The van der Waals surface area contributed by atoms with Crippen molar-refractivity contribution in [3.63, 3.8) is 0 Å². The Morgan fingerprint density at radius 2 is 1.44 bits per heavy atom. The van der Waals surface area contributed by atoms with E-state index in [1.54, 1.807) is 6.33 Å². The van der Waals surface area contributed by atoms with Crippen LogP contribution in [0.25, 0.3) is 33.7 Å². The van der Waals surface area contributed by atoms with Gasteiger partial charge in [0, 0.05) is 29.5 Å². The first-order chi connectivity index (χ1) is 16.7. The van der Waals surface area contributed by atoms with Gasteiger partial charge in [0.15, 0.2) is 10.8 Å². The molecule has 1 aliphatic carbocycles. The summed E-state index contributed by atoms with van der Waals surface area (Å²) in [5.41, 5.74) is 7.17. The molecule has 6 rings (SSSR count). The fourth-order valence-corrected chi connectivity index (χ4v) is 5.22. The third-order valence-corrected chi connectivity index (χ3v) is 6.80. The SMILES string of the molecule is OC[C@@H]1C[C@H](Cn2cnc3c(Cl)ncnc32)c2c(-c3ccccc3)nnc(-c3ccccc3)c21. The predicted octanol–water partition coefficient (Wildman–Crippen LogP) is 4.87. The maximum Gasteiger partial charge on any atom is 0.164 e. The molecule has 0 aliphatic heterocycles. The zero-order valence-corrected chi connectivity index (χ0v) is 19.0. The van der Waals surface area contributed by atoms with E-state index in [1.807, 2.05) is 53.1 Å². The Kier molecular flexibility index (Phi) is 5.28. The highest BCUT2D eigenvalue weighted by Gasteiger charge is 2.37. The molecule has 3 heterocycles. The third kappa shape index (κ3) is 3.45. The summed E-state index contributed by atoms with van der Waals surface area (Å²) >= 11 is 6.23. The average molecular weight is 469 g/mol. The van der Waals surface area contributed by atoms with Gasteiger partial charge in [-0.2, -0.15) is 0 Å². The second-order valence-electron chi connectivity index (χ2n) is 8.50. The van der Waals surface area contributed by atoms with Crippen LogP contribution >= 0.6 is 11.6 Å². The standard InChI is InChI=1S/C26H21ClN6O/c27-25-24-26(29-14-28-25)33(15-30-24)12-18-11-19(13-34)21-20(18)22(16-7-3-1-4-8-16)31-32-23(21)17-9-5-2-6-10-17/h1-10,14-15,18-19,34H,11-13H2/t18-,19+/m1/s1. The number of benzene rings is 2. The molecule has 0 fully saturated rings. The van der Waals surface area contributed by atoms with Crippen LogP contribution in [0.1, 0.15) is 29.4 Å². The second-order valence-corrected chi connectivity index (χ2v) is 8.86. The normalized spacial score (nSPS) is 17.2. The van der Waals surface area contributed by atoms with E-state index in [4.69, 9.17) is 16.7 Å². The van der Waals surface area contributed by atoms with Gasteiger partial charge in [0.05, 0.1) is 24.3 Å². The van der Waals surface area contributed by atoms with Crippen LogP contribution in [0.15, 0.2) is 73.3 Å². The van der Waals surface area contributed by atoms with Crippen molar-refractivity contribution in [1.82, 2.24) is 29.7 Å². The molecule has 0 amide bonds. The van der Waals surface area contributed by atoms with Gasteiger partial charge in [0.1, 0.15) is 11.8 Å². The largest absolute Gasteiger partial charge is 0.396 e. The maximum absolute atomic E-state index is 10.4. The zero-order chi connectivity index (χ0) is 23.1. The van der Waals surface area contributed by atoms with Gasteiger partial charge in [-0.3, -0.25) is 0 Å². The van der Waals surface area contributed by atoms with Crippen LogP contribution < -0.4 is 0 Å². The van der Waals surface area contributed by atoms with Crippen LogP contribution in [0.5, 0.6) is 0 Å². The molecule has 168 valence electrons. The average Bonchev–Trinajstić information content (AvgIpc) is 3.47. The monoisotopic (exact) mass is 468 g/mol. The molecule has 0 spiro atoms. The zero-order valence-electron chi connectivity index (χ0n) is 18.2. The van der Waals surface area contributed by atoms with Gasteiger partial charge in [-0.05, 0) is 17.5 Å². The number of hydrogen-bond donors (Lipinski definition) is 1. The van der Waals surface area contributed by atoms with E-state index in [0.29, 0.717) is 22.9 Å². The quantitative estimate of drug-likeness (QED) is 0.370. The van der Waals surface area contributed by atoms with E-state index in [-0.39, 0.29) is 18.4 Å². The molecule has 2 aromatic carbocycles. The summed E-state index contributed by atoms with van der Waals surface area (Å²) in [4.78, 5) is 12.9. The first-order valence-corrected chi connectivity index (χ1v) is 11.6. The minimum atomic E-state index is -0.0406. The van der Waals surface area contributed by atoms with Crippen molar-refractivity contribution in [2.75, 3.05) is 6.61 Å². The predicted molar refractivity (Wildman–Crippen MR) is 130 cm³/mol. The first-order valence-electron chi connectivity index (χ1n) is 11.2. The van der Waals surface area contributed by atoms with E-state index >= 15 is 0 Å². The van der Waals surface area contributed by atoms with Crippen LogP contribution in [-0.4, -0.2) is 41.4 Å². The number of imidazole rings is 1. The lowest BCUT2D eigenvalue weighted by atomic mass is 9.93. The van der Waals surface area contributed by atoms with Crippen molar-refractivity contribution >= 4 is 22.8 Å².